The van der Waals surface area contributed by atoms with E-state index in [-0.39, 0.29) is 0 Å². The van der Waals surface area contributed by atoms with Crippen molar-refractivity contribution in [3.8, 4) is 0 Å². The van der Waals surface area contributed by atoms with Gasteiger partial charge in [-0.05, 0) is 41.5 Å². The Bertz CT molecular complexity index is 353. The second kappa shape index (κ2) is 7.26. The van der Waals surface area contributed by atoms with Crippen molar-refractivity contribution >= 4 is 16.5 Å². The molecule has 0 amide bonds. The molecule has 1 saturated heterocycles. The van der Waals surface area contributed by atoms with Crippen LogP contribution in [0.15, 0.2) is 0 Å². The zero-order valence-electron chi connectivity index (χ0n) is 17.7. The van der Waals surface area contributed by atoms with Gasteiger partial charge in [-0.15, -0.1) is 0 Å². The van der Waals surface area contributed by atoms with Gasteiger partial charge in [-0.3, -0.25) is 14.1 Å². The molecule has 1 aliphatic rings. The summed E-state index contributed by atoms with van der Waals surface area (Å²) in [6, 6.07) is 2.22. The summed E-state index contributed by atoms with van der Waals surface area (Å²) in [5.74, 6) is 0. The van der Waals surface area contributed by atoms with Crippen LogP contribution < -0.4 is 5.43 Å². The van der Waals surface area contributed by atoms with Crippen molar-refractivity contribution in [3.05, 3.63) is 0 Å². The normalized spacial score (nSPS) is 28.6. The molecule has 1 heterocycles. The van der Waals surface area contributed by atoms with E-state index in [2.05, 4.69) is 100 Å². The summed E-state index contributed by atoms with van der Waals surface area (Å²) in [4.78, 5) is 5.33. The quantitative estimate of drug-likeness (QED) is 0.573. The smallest absolute Gasteiger partial charge is 0.129 e. The largest absolute Gasteiger partial charge is 0.284 e. The van der Waals surface area contributed by atoms with Gasteiger partial charge in [0.05, 0.1) is 0 Å². The Hall–Kier alpha value is 0.274. The maximum absolute atomic E-state index is 4.03. The summed E-state index contributed by atoms with van der Waals surface area (Å²) in [7, 11) is -2.86. The van der Waals surface area contributed by atoms with Gasteiger partial charge in [0.25, 0.3) is 0 Å². The van der Waals surface area contributed by atoms with E-state index >= 15 is 0 Å². The third-order valence-electron chi connectivity index (χ3n) is 4.98. The molecule has 0 aromatic rings. The van der Waals surface area contributed by atoms with Gasteiger partial charge in [0.1, 0.15) is 22.8 Å². The molecule has 23 heavy (non-hydrogen) atoms. The average molecular weight is 359 g/mol. The molecule has 0 spiro atoms. The lowest BCUT2D eigenvalue weighted by atomic mass is 10.1. The van der Waals surface area contributed by atoms with Gasteiger partial charge in [0.15, 0.2) is 0 Å². The molecule has 1 rings (SSSR count). The van der Waals surface area contributed by atoms with Crippen LogP contribution in [0, 0.1) is 0 Å². The summed E-state index contributed by atoms with van der Waals surface area (Å²) < 4.78 is 2.71. The highest BCUT2D eigenvalue weighted by Gasteiger charge is 2.47. The average Bonchev–Trinajstić information content (AvgIpc) is 2.55. The van der Waals surface area contributed by atoms with Crippen molar-refractivity contribution in [2.24, 2.45) is 0 Å². The third kappa shape index (κ3) is 4.67. The summed E-state index contributed by atoms with van der Waals surface area (Å²) in [6.45, 7) is 28.8. The Morgan fingerprint density at radius 2 is 1.04 bits per heavy atom. The Kier molecular flexibility index (Phi) is 6.72. The van der Waals surface area contributed by atoms with E-state index in [0.717, 1.165) is 0 Å². The highest BCUT2D eigenvalue weighted by molar-refractivity contribution is 6.89. The standard InChI is InChI=1S/C17H42N4Si2/c1-13(2)19-15(5)16(6)20(14(3)4)17(19)18-21(22(7,8)9)23(10,11)12/h13-18H,1-12H3. The van der Waals surface area contributed by atoms with Crippen LogP contribution in [-0.2, 0) is 0 Å². The Morgan fingerprint density at radius 1 is 0.739 bits per heavy atom. The Balaban J connectivity index is 3.22. The Labute approximate surface area is 147 Å². The molecule has 2 unspecified atom stereocenters. The minimum absolute atomic E-state index is 0.304. The summed E-state index contributed by atoms with van der Waals surface area (Å²) >= 11 is 0. The second-order valence-electron chi connectivity index (χ2n) is 9.74. The van der Waals surface area contributed by atoms with Crippen LogP contribution in [0.25, 0.3) is 0 Å². The highest BCUT2D eigenvalue weighted by atomic mass is 28.4. The fourth-order valence-electron chi connectivity index (χ4n) is 4.25. The lowest BCUT2D eigenvalue weighted by Gasteiger charge is -2.49. The van der Waals surface area contributed by atoms with Crippen LogP contribution in [-0.4, -0.2) is 61.1 Å². The molecule has 4 nitrogen and oxygen atoms in total. The molecule has 1 fully saturated rings. The molecule has 1 aliphatic heterocycles. The number of rotatable bonds is 6. The molecular formula is C17H42N4Si2. The fourth-order valence-corrected chi connectivity index (χ4v) is 13.3. The van der Waals surface area contributed by atoms with E-state index in [1.54, 1.807) is 0 Å². The summed E-state index contributed by atoms with van der Waals surface area (Å²) in [5, 5.41) is 0. The number of hydrogen-bond acceptors (Lipinski definition) is 4. The number of nitrogens with one attached hydrogen (secondary N) is 1. The lowest BCUT2D eigenvalue weighted by molar-refractivity contribution is 0.0205. The fraction of sp³-hybridized carbons (Fsp3) is 1.00. The molecule has 0 aromatic heterocycles. The van der Waals surface area contributed by atoms with Crippen molar-refractivity contribution < 1.29 is 0 Å². The predicted molar refractivity (Wildman–Crippen MR) is 108 cm³/mol. The molecule has 2 atom stereocenters. The molecule has 0 saturated carbocycles. The van der Waals surface area contributed by atoms with Crippen LogP contribution in [0.4, 0.5) is 0 Å². The van der Waals surface area contributed by atoms with E-state index in [0.29, 0.717) is 30.5 Å². The van der Waals surface area contributed by atoms with Crippen LogP contribution >= 0.6 is 0 Å². The highest BCUT2D eigenvalue weighted by Crippen LogP contribution is 2.31. The van der Waals surface area contributed by atoms with Crippen LogP contribution in [0.1, 0.15) is 41.5 Å². The summed E-state index contributed by atoms with van der Waals surface area (Å²) in [5.41, 5.74) is 4.03. The maximum Gasteiger partial charge on any atom is 0.129 e. The SMILES string of the molecule is CC(C)N1C(C)C(C)N(C(C)C)C1NN([Si](C)(C)C)[Si](C)(C)C. The van der Waals surface area contributed by atoms with Crippen molar-refractivity contribution in [2.75, 3.05) is 0 Å². The van der Waals surface area contributed by atoms with Crippen molar-refractivity contribution in [1.29, 1.82) is 0 Å². The predicted octanol–water partition coefficient (Wildman–Crippen LogP) is 3.96. The molecule has 0 aliphatic carbocycles. The molecule has 6 heteroatoms. The monoisotopic (exact) mass is 358 g/mol. The van der Waals surface area contributed by atoms with Gasteiger partial charge in [0.2, 0.25) is 0 Å². The molecule has 1 N–H and O–H groups in total. The first-order valence-electron chi connectivity index (χ1n) is 9.31. The third-order valence-corrected chi connectivity index (χ3v) is 11.9. The Morgan fingerprint density at radius 3 is 1.26 bits per heavy atom. The van der Waals surface area contributed by atoms with Gasteiger partial charge in [0, 0.05) is 24.2 Å². The van der Waals surface area contributed by atoms with Crippen LogP contribution in [0.2, 0.25) is 39.3 Å². The maximum atomic E-state index is 4.03. The number of hydrazine groups is 1. The first-order chi connectivity index (χ1) is 10.2. The van der Waals surface area contributed by atoms with Gasteiger partial charge in [-0.25, -0.2) is 5.43 Å². The molecule has 138 valence electrons. The lowest BCUT2D eigenvalue weighted by Crippen LogP contribution is -2.71. The zero-order valence-corrected chi connectivity index (χ0v) is 19.7. The minimum atomic E-state index is -1.43. The topological polar surface area (TPSA) is 21.8 Å². The molecule has 0 aromatic carbocycles. The molecule has 0 radical (unpaired) electrons. The van der Waals surface area contributed by atoms with Gasteiger partial charge in [-0.2, -0.15) is 0 Å². The van der Waals surface area contributed by atoms with E-state index < -0.39 is 16.5 Å². The van der Waals surface area contributed by atoms with E-state index in [4.69, 9.17) is 0 Å². The van der Waals surface area contributed by atoms with Crippen molar-refractivity contribution in [3.63, 3.8) is 0 Å². The van der Waals surface area contributed by atoms with Crippen LogP contribution in [0.3, 0.4) is 0 Å². The first-order valence-corrected chi connectivity index (χ1v) is 16.2. The van der Waals surface area contributed by atoms with E-state index in [1.165, 1.54) is 0 Å². The molecule has 0 bridgehead atoms. The number of nitrogens with zero attached hydrogens (tertiary/aromatic N) is 3. The van der Waals surface area contributed by atoms with E-state index in [1.807, 2.05) is 0 Å². The van der Waals surface area contributed by atoms with Gasteiger partial charge >= 0.3 is 0 Å². The van der Waals surface area contributed by atoms with E-state index in [9.17, 15) is 0 Å². The van der Waals surface area contributed by atoms with Crippen molar-refractivity contribution in [2.45, 2.75) is 111 Å². The first kappa shape index (κ1) is 21.3. The number of hydrogen-bond donors (Lipinski definition) is 1. The minimum Gasteiger partial charge on any atom is -0.284 e. The van der Waals surface area contributed by atoms with Gasteiger partial charge in [-0.1, -0.05) is 39.3 Å². The summed E-state index contributed by atoms with van der Waals surface area (Å²) in [6.07, 6.45) is 0.304. The second-order valence-corrected chi connectivity index (χ2v) is 19.8. The molecular weight excluding hydrogens is 316 g/mol. The van der Waals surface area contributed by atoms with Crippen LogP contribution in [0.5, 0.6) is 0 Å². The van der Waals surface area contributed by atoms with Crippen molar-refractivity contribution in [1.82, 2.24) is 19.6 Å². The van der Waals surface area contributed by atoms with Gasteiger partial charge < -0.3 is 0 Å². The zero-order chi connectivity index (χ0) is 18.3.